The molecule has 2 fully saturated rings. The highest BCUT2D eigenvalue weighted by Crippen LogP contribution is 2.35. The van der Waals surface area contributed by atoms with Crippen molar-refractivity contribution in [3.05, 3.63) is 29.8 Å². The van der Waals surface area contributed by atoms with Crippen LogP contribution >= 0.6 is 0 Å². The molecule has 0 saturated carbocycles. The van der Waals surface area contributed by atoms with E-state index in [2.05, 4.69) is 11.0 Å². The molecule has 2 heterocycles. The second kappa shape index (κ2) is 8.42. The first-order chi connectivity index (χ1) is 13.7. The third kappa shape index (κ3) is 5.48. The molecule has 3 rings (SSSR count). The second-order valence-electron chi connectivity index (χ2n) is 8.83. The van der Waals surface area contributed by atoms with E-state index in [1.54, 1.807) is 29.2 Å². The molecular formula is C22H29N3O4. The lowest BCUT2D eigenvalue weighted by Gasteiger charge is -2.37. The second-order valence-corrected chi connectivity index (χ2v) is 8.83. The van der Waals surface area contributed by atoms with Gasteiger partial charge < -0.3 is 14.4 Å². The number of carbonyl (C=O) groups is 2. The summed E-state index contributed by atoms with van der Waals surface area (Å²) in [6, 6.07) is 9.07. The van der Waals surface area contributed by atoms with Crippen LogP contribution < -0.4 is 4.90 Å². The number of anilines is 1. The van der Waals surface area contributed by atoms with Crippen LogP contribution in [-0.4, -0.2) is 54.3 Å². The number of amides is 1. The van der Waals surface area contributed by atoms with E-state index in [0.29, 0.717) is 18.5 Å². The topological polar surface area (TPSA) is 82.9 Å². The molecule has 7 nitrogen and oxygen atoms in total. The summed E-state index contributed by atoms with van der Waals surface area (Å²) in [6.45, 7) is 8.66. The maximum atomic E-state index is 12.4. The van der Waals surface area contributed by atoms with Crippen molar-refractivity contribution >= 4 is 17.7 Å². The molecule has 1 aromatic carbocycles. The van der Waals surface area contributed by atoms with Gasteiger partial charge in [-0.3, -0.25) is 9.69 Å². The molecule has 1 aromatic rings. The molecule has 0 bridgehead atoms. The quantitative estimate of drug-likeness (QED) is 0.705. The SMILES string of the molecule is CC(C)(C)OC(=O)CCCN1CCC2(CC1)CN(c1ccc(C#N)cc1)C(=O)O2. The zero-order valence-electron chi connectivity index (χ0n) is 17.4. The predicted octanol–water partition coefficient (Wildman–Crippen LogP) is 3.47. The molecule has 0 radical (unpaired) electrons. The van der Waals surface area contributed by atoms with Gasteiger partial charge in [0.2, 0.25) is 0 Å². The lowest BCUT2D eigenvalue weighted by Crippen LogP contribution is -2.47. The Morgan fingerprint density at radius 1 is 1.24 bits per heavy atom. The highest BCUT2D eigenvalue weighted by atomic mass is 16.6. The minimum atomic E-state index is -0.452. The van der Waals surface area contributed by atoms with Gasteiger partial charge in [0.05, 0.1) is 18.2 Å². The smallest absolute Gasteiger partial charge is 0.415 e. The Morgan fingerprint density at radius 3 is 2.48 bits per heavy atom. The lowest BCUT2D eigenvalue weighted by molar-refractivity contribution is -0.155. The molecule has 7 heteroatoms. The van der Waals surface area contributed by atoms with E-state index in [1.807, 2.05) is 20.8 Å². The van der Waals surface area contributed by atoms with Crippen LogP contribution in [0.15, 0.2) is 24.3 Å². The monoisotopic (exact) mass is 399 g/mol. The highest BCUT2D eigenvalue weighted by Gasteiger charge is 2.47. The zero-order chi connectivity index (χ0) is 21.1. The molecule has 0 atom stereocenters. The number of ether oxygens (including phenoxy) is 2. The molecule has 1 amide bonds. The molecular weight excluding hydrogens is 370 g/mol. The Bertz CT molecular complexity index is 784. The van der Waals surface area contributed by atoms with Crippen LogP contribution in [0.4, 0.5) is 10.5 Å². The van der Waals surface area contributed by atoms with Gasteiger partial charge in [0.1, 0.15) is 11.2 Å². The van der Waals surface area contributed by atoms with Crippen LogP contribution in [-0.2, 0) is 14.3 Å². The van der Waals surface area contributed by atoms with Crippen LogP contribution in [0.3, 0.4) is 0 Å². The molecule has 0 aliphatic carbocycles. The Hall–Kier alpha value is -2.59. The first-order valence-electron chi connectivity index (χ1n) is 10.1. The third-order valence-electron chi connectivity index (χ3n) is 5.32. The summed E-state index contributed by atoms with van der Waals surface area (Å²) < 4.78 is 11.1. The van der Waals surface area contributed by atoms with Crippen molar-refractivity contribution in [1.29, 1.82) is 5.26 Å². The van der Waals surface area contributed by atoms with Gasteiger partial charge >= 0.3 is 12.1 Å². The van der Waals surface area contributed by atoms with Crippen molar-refractivity contribution in [2.75, 3.05) is 31.1 Å². The highest BCUT2D eigenvalue weighted by molar-refractivity contribution is 5.90. The lowest BCUT2D eigenvalue weighted by atomic mass is 9.91. The molecule has 156 valence electrons. The summed E-state index contributed by atoms with van der Waals surface area (Å²) in [6.07, 6.45) is 2.41. The number of rotatable bonds is 5. The summed E-state index contributed by atoms with van der Waals surface area (Å²) in [5.41, 5.74) is 0.426. The zero-order valence-corrected chi connectivity index (χ0v) is 17.4. The van der Waals surface area contributed by atoms with Gasteiger partial charge in [0.25, 0.3) is 0 Å². The number of hydrogen-bond donors (Lipinski definition) is 0. The van der Waals surface area contributed by atoms with Gasteiger partial charge in [-0.15, -0.1) is 0 Å². The molecule has 0 unspecified atom stereocenters. The standard InChI is InChI=1S/C22H29N3O4/c1-21(2,3)28-19(26)5-4-12-24-13-10-22(11-14-24)16-25(20(27)29-22)18-8-6-17(15-23)7-9-18/h6-9H,4-5,10-14,16H2,1-3H3. The third-order valence-corrected chi connectivity index (χ3v) is 5.32. The summed E-state index contributed by atoms with van der Waals surface area (Å²) >= 11 is 0. The Labute approximate surface area is 172 Å². The summed E-state index contributed by atoms with van der Waals surface area (Å²) in [5, 5.41) is 8.93. The number of likely N-dealkylation sites (tertiary alicyclic amines) is 1. The van der Waals surface area contributed by atoms with Crippen molar-refractivity contribution in [1.82, 2.24) is 4.90 Å². The number of piperidine rings is 1. The number of esters is 1. The van der Waals surface area contributed by atoms with Crippen LogP contribution in [0, 0.1) is 11.3 Å². The van der Waals surface area contributed by atoms with Crippen molar-refractivity contribution in [3.8, 4) is 6.07 Å². The van der Waals surface area contributed by atoms with Crippen molar-refractivity contribution in [3.63, 3.8) is 0 Å². The van der Waals surface area contributed by atoms with Gasteiger partial charge in [0.15, 0.2) is 0 Å². The predicted molar refractivity (Wildman–Crippen MR) is 108 cm³/mol. The van der Waals surface area contributed by atoms with E-state index in [0.717, 1.165) is 44.6 Å². The Kier molecular flexibility index (Phi) is 6.13. The fourth-order valence-electron chi connectivity index (χ4n) is 3.82. The normalized spacial score (nSPS) is 19.1. The maximum absolute atomic E-state index is 12.4. The van der Waals surface area contributed by atoms with E-state index in [9.17, 15) is 9.59 Å². The fraction of sp³-hybridized carbons (Fsp3) is 0.591. The van der Waals surface area contributed by atoms with E-state index in [4.69, 9.17) is 14.7 Å². The van der Waals surface area contributed by atoms with Crippen molar-refractivity contribution in [2.24, 2.45) is 0 Å². The molecule has 2 saturated heterocycles. The summed E-state index contributed by atoms with van der Waals surface area (Å²) in [5.74, 6) is -0.159. The minimum Gasteiger partial charge on any atom is -0.460 e. The summed E-state index contributed by atoms with van der Waals surface area (Å²) in [4.78, 5) is 28.2. The van der Waals surface area contributed by atoms with E-state index in [-0.39, 0.29) is 12.1 Å². The van der Waals surface area contributed by atoms with Crippen LogP contribution in [0.5, 0.6) is 0 Å². The molecule has 0 N–H and O–H groups in total. The number of hydrogen-bond acceptors (Lipinski definition) is 6. The number of benzene rings is 1. The number of carbonyl (C=O) groups excluding carboxylic acids is 2. The van der Waals surface area contributed by atoms with Crippen molar-refractivity contribution in [2.45, 2.75) is 57.7 Å². The van der Waals surface area contributed by atoms with Gasteiger partial charge in [0, 0.05) is 38.0 Å². The van der Waals surface area contributed by atoms with E-state index < -0.39 is 11.2 Å². The minimum absolute atomic E-state index is 0.159. The van der Waals surface area contributed by atoms with E-state index in [1.165, 1.54) is 0 Å². The average molecular weight is 399 g/mol. The number of nitrogens with zero attached hydrogens (tertiary/aromatic N) is 3. The Morgan fingerprint density at radius 2 is 1.90 bits per heavy atom. The van der Waals surface area contributed by atoms with Crippen molar-refractivity contribution < 1.29 is 19.1 Å². The van der Waals surface area contributed by atoms with Gasteiger partial charge in [-0.05, 0) is 58.0 Å². The first kappa shape index (κ1) is 21.1. The van der Waals surface area contributed by atoms with Crippen LogP contribution in [0.1, 0.15) is 52.0 Å². The molecule has 29 heavy (non-hydrogen) atoms. The van der Waals surface area contributed by atoms with E-state index >= 15 is 0 Å². The first-order valence-corrected chi connectivity index (χ1v) is 10.1. The van der Waals surface area contributed by atoms with Crippen LogP contribution in [0.2, 0.25) is 0 Å². The Balaban J connectivity index is 1.47. The van der Waals surface area contributed by atoms with Gasteiger partial charge in [-0.1, -0.05) is 0 Å². The average Bonchev–Trinajstić information content (AvgIpc) is 2.98. The maximum Gasteiger partial charge on any atom is 0.415 e. The van der Waals surface area contributed by atoms with Gasteiger partial charge in [-0.2, -0.15) is 5.26 Å². The summed E-state index contributed by atoms with van der Waals surface area (Å²) in [7, 11) is 0. The molecule has 0 aromatic heterocycles. The fourth-order valence-corrected chi connectivity index (χ4v) is 3.82. The molecule has 2 aliphatic rings. The number of nitriles is 1. The van der Waals surface area contributed by atoms with Crippen LogP contribution in [0.25, 0.3) is 0 Å². The molecule has 1 spiro atoms. The van der Waals surface area contributed by atoms with Gasteiger partial charge in [-0.25, -0.2) is 4.79 Å². The molecule has 2 aliphatic heterocycles. The largest absolute Gasteiger partial charge is 0.460 e.